The Morgan fingerprint density at radius 3 is 2.43 bits per heavy atom. The van der Waals surface area contributed by atoms with Crippen molar-refractivity contribution in [3.8, 4) is 0 Å². The highest BCUT2D eigenvalue weighted by atomic mass is 35.5. The van der Waals surface area contributed by atoms with Crippen molar-refractivity contribution in [3.05, 3.63) is 58.7 Å². The fraction of sp³-hybridized carbons (Fsp3) is 0.381. The molecule has 28 heavy (non-hydrogen) atoms. The number of aliphatic carboxylic acids is 1. The first-order chi connectivity index (χ1) is 13.5. The highest BCUT2D eigenvalue weighted by Crippen LogP contribution is 2.29. The number of carbonyl (C=O) groups excluding carboxylic acids is 1. The van der Waals surface area contributed by atoms with Gasteiger partial charge in [0, 0.05) is 38.2 Å². The largest absolute Gasteiger partial charge is 0.480 e. The molecular weight excluding hydrogens is 378 g/mol. The number of anilines is 1. The summed E-state index contributed by atoms with van der Waals surface area (Å²) < 4.78 is 0. The summed E-state index contributed by atoms with van der Waals surface area (Å²) >= 11 is 5.90. The molecule has 4 rings (SSSR count). The van der Waals surface area contributed by atoms with Crippen LogP contribution in [0, 0.1) is 5.92 Å². The fourth-order valence-electron chi connectivity index (χ4n) is 4.12. The van der Waals surface area contributed by atoms with Crippen molar-refractivity contribution in [3.63, 3.8) is 0 Å². The summed E-state index contributed by atoms with van der Waals surface area (Å²) in [6, 6.07) is 10.7. The second-order valence-corrected chi connectivity index (χ2v) is 7.83. The molecule has 1 aromatic heterocycles. The zero-order chi connectivity index (χ0) is 19.7. The van der Waals surface area contributed by atoms with E-state index >= 15 is 0 Å². The number of benzene rings is 1. The molecule has 1 atom stereocenters. The number of aromatic nitrogens is 1. The van der Waals surface area contributed by atoms with Crippen molar-refractivity contribution in [2.45, 2.75) is 31.8 Å². The van der Waals surface area contributed by atoms with Crippen molar-refractivity contribution in [1.29, 1.82) is 0 Å². The number of fused-ring (bicyclic) bond motifs is 1. The number of halogens is 1. The smallest absolute Gasteiger partial charge is 0.326 e. The summed E-state index contributed by atoms with van der Waals surface area (Å²) in [4.78, 5) is 33.0. The minimum atomic E-state index is -0.939. The first kappa shape index (κ1) is 18.7. The molecular formula is C21H22ClN3O3. The van der Waals surface area contributed by atoms with E-state index in [2.05, 4.69) is 9.88 Å². The van der Waals surface area contributed by atoms with E-state index in [1.807, 2.05) is 36.4 Å². The van der Waals surface area contributed by atoms with Crippen LogP contribution in [0.4, 0.5) is 5.82 Å². The van der Waals surface area contributed by atoms with E-state index in [4.69, 9.17) is 11.6 Å². The first-order valence-corrected chi connectivity index (χ1v) is 9.87. The molecule has 2 aromatic rings. The standard InChI is InChI=1S/C21H22ClN3O3/c22-17-5-6-19(23-12-17)24-9-7-14(8-10-24)20(26)25-13-16-4-2-1-3-15(16)11-18(25)21(27)28/h1-6,12,14,18H,7-11,13H2,(H,27,28)/t18-/m1/s1. The molecule has 0 bridgehead atoms. The van der Waals surface area contributed by atoms with Crippen LogP contribution in [-0.2, 0) is 22.6 Å². The fourth-order valence-corrected chi connectivity index (χ4v) is 4.23. The molecule has 6 nitrogen and oxygen atoms in total. The molecule has 0 spiro atoms. The van der Waals surface area contributed by atoms with Crippen LogP contribution in [0.5, 0.6) is 0 Å². The summed E-state index contributed by atoms with van der Waals surface area (Å²) in [5.74, 6) is -0.294. The van der Waals surface area contributed by atoms with Crippen LogP contribution in [-0.4, -0.2) is 46.0 Å². The molecule has 7 heteroatoms. The summed E-state index contributed by atoms with van der Waals surface area (Å²) in [6.45, 7) is 1.80. The number of amides is 1. The second-order valence-electron chi connectivity index (χ2n) is 7.39. The lowest BCUT2D eigenvalue weighted by molar-refractivity contribution is -0.153. The van der Waals surface area contributed by atoms with Gasteiger partial charge in [-0.25, -0.2) is 9.78 Å². The SMILES string of the molecule is O=C(O)[C@H]1Cc2ccccc2CN1C(=O)C1CCN(c2ccc(Cl)cn2)CC1. The molecule has 0 aliphatic carbocycles. The third kappa shape index (κ3) is 3.69. The summed E-state index contributed by atoms with van der Waals surface area (Å²) in [7, 11) is 0. The maximum Gasteiger partial charge on any atom is 0.326 e. The number of piperidine rings is 1. The van der Waals surface area contributed by atoms with Crippen molar-refractivity contribution >= 4 is 29.3 Å². The lowest BCUT2D eigenvalue weighted by atomic mass is 9.90. The molecule has 146 valence electrons. The topological polar surface area (TPSA) is 73.7 Å². The maximum absolute atomic E-state index is 13.2. The summed E-state index contributed by atoms with van der Waals surface area (Å²) in [5.41, 5.74) is 2.05. The third-order valence-electron chi connectivity index (χ3n) is 5.70. The second kappa shape index (κ2) is 7.80. The van der Waals surface area contributed by atoms with Crippen LogP contribution < -0.4 is 4.90 Å². The highest BCUT2D eigenvalue weighted by Gasteiger charge is 2.38. The lowest BCUT2D eigenvalue weighted by Crippen LogP contribution is -2.52. The molecule has 2 aliphatic rings. The van der Waals surface area contributed by atoms with Gasteiger partial charge in [-0.05, 0) is 36.1 Å². The number of carboxylic acids is 1. The van der Waals surface area contributed by atoms with Crippen LogP contribution in [0.1, 0.15) is 24.0 Å². The lowest BCUT2D eigenvalue weighted by Gasteiger charge is -2.39. The minimum absolute atomic E-state index is 0.0504. The van der Waals surface area contributed by atoms with Gasteiger partial charge in [0.2, 0.25) is 5.91 Å². The first-order valence-electron chi connectivity index (χ1n) is 9.49. The normalized spacial score (nSPS) is 20.0. The average molecular weight is 400 g/mol. The highest BCUT2D eigenvalue weighted by molar-refractivity contribution is 6.30. The van der Waals surface area contributed by atoms with E-state index in [0.29, 0.717) is 43.9 Å². The minimum Gasteiger partial charge on any atom is -0.480 e. The van der Waals surface area contributed by atoms with Gasteiger partial charge in [-0.3, -0.25) is 4.79 Å². The number of hydrogen-bond acceptors (Lipinski definition) is 4. The van der Waals surface area contributed by atoms with Crippen molar-refractivity contribution in [2.24, 2.45) is 5.92 Å². The van der Waals surface area contributed by atoms with E-state index in [1.165, 1.54) is 0 Å². The molecule has 1 N–H and O–H groups in total. The maximum atomic E-state index is 13.2. The van der Waals surface area contributed by atoms with Crippen LogP contribution >= 0.6 is 11.6 Å². The number of carbonyl (C=O) groups is 2. The average Bonchev–Trinajstić information content (AvgIpc) is 2.73. The van der Waals surface area contributed by atoms with Crippen LogP contribution in [0.3, 0.4) is 0 Å². The van der Waals surface area contributed by atoms with E-state index < -0.39 is 12.0 Å². The molecule has 2 aliphatic heterocycles. The van der Waals surface area contributed by atoms with Crippen molar-refractivity contribution in [1.82, 2.24) is 9.88 Å². The Bertz CT molecular complexity index is 879. The van der Waals surface area contributed by atoms with Gasteiger partial charge in [0.05, 0.1) is 5.02 Å². The van der Waals surface area contributed by atoms with E-state index in [0.717, 1.165) is 16.9 Å². The van der Waals surface area contributed by atoms with Crippen LogP contribution in [0.15, 0.2) is 42.6 Å². The Balaban J connectivity index is 1.45. The van der Waals surface area contributed by atoms with Gasteiger partial charge in [0.1, 0.15) is 11.9 Å². The number of carboxylic acid groups (broad SMARTS) is 1. The molecule has 0 saturated carbocycles. The van der Waals surface area contributed by atoms with E-state index in [9.17, 15) is 14.7 Å². The summed E-state index contributed by atoms with van der Waals surface area (Å²) in [6.07, 6.45) is 3.36. The zero-order valence-corrected chi connectivity index (χ0v) is 16.2. The van der Waals surface area contributed by atoms with Crippen molar-refractivity contribution < 1.29 is 14.7 Å². The number of pyridine rings is 1. The van der Waals surface area contributed by atoms with Gasteiger partial charge in [0.15, 0.2) is 0 Å². The summed E-state index contributed by atoms with van der Waals surface area (Å²) in [5, 5.41) is 10.3. The Morgan fingerprint density at radius 1 is 1.07 bits per heavy atom. The molecule has 1 amide bonds. The Labute approximate surface area is 168 Å². The Hall–Kier alpha value is -2.60. The van der Waals surface area contributed by atoms with Gasteiger partial charge in [0.25, 0.3) is 0 Å². The molecule has 1 aromatic carbocycles. The molecule has 1 fully saturated rings. The number of nitrogens with zero attached hydrogens (tertiary/aromatic N) is 3. The van der Waals surface area contributed by atoms with Gasteiger partial charge in [-0.15, -0.1) is 0 Å². The third-order valence-corrected chi connectivity index (χ3v) is 5.92. The monoisotopic (exact) mass is 399 g/mol. The Morgan fingerprint density at radius 2 is 1.79 bits per heavy atom. The molecule has 0 unspecified atom stereocenters. The van der Waals surface area contributed by atoms with Gasteiger partial charge < -0.3 is 14.9 Å². The molecule has 0 radical (unpaired) electrons. The number of rotatable bonds is 3. The van der Waals surface area contributed by atoms with Gasteiger partial charge in [-0.2, -0.15) is 0 Å². The number of hydrogen-bond donors (Lipinski definition) is 1. The van der Waals surface area contributed by atoms with Gasteiger partial charge >= 0.3 is 5.97 Å². The predicted octanol–water partition coefficient (Wildman–Crippen LogP) is 2.99. The molecule has 3 heterocycles. The zero-order valence-electron chi connectivity index (χ0n) is 15.4. The molecule has 1 saturated heterocycles. The van der Waals surface area contributed by atoms with E-state index in [1.54, 1.807) is 11.1 Å². The Kier molecular flexibility index (Phi) is 5.22. The quantitative estimate of drug-likeness (QED) is 0.858. The van der Waals surface area contributed by atoms with Crippen LogP contribution in [0.2, 0.25) is 5.02 Å². The van der Waals surface area contributed by atoms with E-state index in [-0.39, 0.29) is 11.8 Å². The van der Waals surface area contributed by atoms with Gasteiger partial charge in [-0.1, -0.05) is 35.9 Å². The van der Waals surface area contributed by atoms with Crippen molar-refractivity contribution in [2.75, 3.05) is 18.0 Å². The van der Waals surface area contributed by atoms with Crippen LogP contribution in [0.25, 0.3) is 0 Å². The predicted molar refractivity (Wildman–Crippen MR) is 106 cm³/mol.